The monoisotopic (exact) mass is 450 g/mol. The van der Waals surface area contributed by atoms with Crippen molar-refractivity contribution in [3.8, 4) is 0 Å². The molecule has 6 nitrogen and oxygen atoms in total. The molecular formula is C28H22N2O4. The van der Waals surface area contributed by atoms with Gasteiger partial charge >= 0.3 is 0 Å². The third-order valence-electron chi connectivity index (χ3n) is 5.26. The second kappa shape index (κ2) is 10.4. The van der Waals surface area contributed by atoms with Crippen molar-refractivity contribution in [2.24, 2.45) is 0 Å². The summed E-state index contributed by atoms with van der Waals surface area (Å²) in [6, 6.07) is 30.4. The standard InChI is InChI=1S/C28H22N2O4/c31-25(19-11-3-1-4-12-19)26(32)21-15-7-9-17-23(21)30-28(34)22-16-8-10-18-24(22)29-27(33)20-13-5-2-6-14-20/h1-18,25,31H,(H,29,33)(H,30,34). The van der Waals surface area contributed by atoms with E-state index in [1.807, 2.05) is 6.07 Å². The van der Waals surface area contributed by atoms with Crippen LogP contribution in [0.1, 0.15) is 42.7 Å². The Hall–Kier alpha value is -4.55. The number of rotatable bonds is 7. The normalized spacial score (nSPS) is 11.3. The minimum atomic E-state index is -1.36. The van der Waals surface area contributed by atoms with Gasteiger partial charge in [-0.3, -0.25) is 14.4 Å². The molecule has 1 atom stereocenters. The van der Waals surface area contributed by atoms with Gasteiger partial charge in [-0.2, -0.15) is 0 Å². The first kappa shape index (κ1) is 22.6. The highest BCUT2D eigenvalue weighted by Crippen LogP contribution is 2.25. The van der Waals surface area contributed by atoms with E-state index < -0.39 is 17.8 Å². The van der Waals surface area contributed by atoms with Gasteiger partial charge in [0.2, 0.25) is 0 Å². The van der Waals surface area contributed by atoms with Crippen molar-refractivity contribution in [3.05, 3.63) is 131 Å². The van der Waals surface area contributed by atoms with Crippen LogP contribution in [0, 0.1) is 0 Å². The molecule has 0 saturated heterocycles. The molecule has 0 heterocycles. The van der Waals surface area contributed by atoms with Crippen molar-refractivity contribution >= 4 is 29.0 Å². The predicted molar refractivity (Wildman–Crippen MR) is 131 cm³/mol. The number of hydrogen-bond donors (Lipinski definition) is 3. The Kier molecular flexibility index (Phi) is 6.91. The number of Topliss-reactive ketones (excluding diaryl/α,β-unsaturated/α-hetero) is 1. The van der Waals surface area contributed by atoms with Gasteiger partial charge in [-0.25, -0.2) is 0 Å². The maximum absolute atomic E-state index is 13.1. The van der Waals surface area contributed by atoms with E-state index in [0.717, 1.165) is 0 Å². The Morgan fingerprint density at radius 2 is 1.03 bits per heavy atom. The van der Waals surface area contributed by atoms with Crippen molar-refractivity contribution in [1.82, 2.24) is 0 Å². The number of hydrogen-bond acceptors (Lipinski definition) is 4. The van der Waals surface area contributed by atoms with Gasteiger partial charge in [0.1, 0.15) is 6.10 Å². The van der Waals surface area contributed by atoms with Crippen molar-refractivity contribution < 1.29 is 19.5 Å². The molecule has 2 amide bonds. The number of aliphatic hydroxyl groups is 1. The average molecular weight is 450 g/mol. The Labute approximate surface area is 196 Å². The quantitative estimate of drug-likeness (QED) is 0.341. The number of amides is 2. The number of anilines is 2. The van der Waals surface area contributed by atoms with Crippen LogP contribution in [0.25, 0.3) is 0 Å². The van der Waals surface area contributed by atoms with Gasteiger partial charge in [-0.1, -0.05) is 72.8 Å². The van der Waals surface area contributed by atoms with Crippen LogP contribution in [0.5, 0.6) is 0 Å². The predicted octanol–water partition coefficient (Wildman–Crippen LogP) is 5.11. The van der Waals surface area contributed by atoms with Crippen LogP contribution < -0.4 is 10.6 Å². The molecule has 0 fully saturated rings. The average Bonchev–Trinajstić information content (AvgIpc) is 2.89. The number of carbonyl (C=O) groups is 3. The molecule has 0 bridgehead atoms. The zero-order chi connectivity index (χ0) is 23.9. The third-order valence-corrected chi connectivity index (χ3v) is 5.26. The smallest absolute Gasteiger partial charge is 0.257 e. The Balaban J connectivity index is 1.57. The molecule has 1 unspecified atom stereocenters. The fraction of sp³-hybridized carbons (Fsp3) is 0.0357. The summed E-state index contributed by atoms with van der Waals surface area (Å²) in [4.78, 5) is 38.7. The van der Waals surface area contributed by atoms with Gasteiger partial charge in [0.25, 0.3) is 11.8 Å². The second-order valence-corrected chi connectivity index (χ2v) is 7.54. The zero-order valence-corrected chi connectivity index (χ0v) is 18.1. The van der Waals surface area contributed by atoms with Crippen molar-refractivity contribution in [2.45, 2.75) is 6.10 Å². The van der Waals surface area contributed by atoms with E-state index in [4.69, 9.17) is 0 Å². The lowest BCUT2D eigenvalue weighted by Crippen LogP contribution is -2.20. The van der Waals surface area contributed by atoms with Crippen LogP contribution in [0.3, 0.4) is 0 Å². The summed E-state index contributed by atoms with van der Waals surface area (Å²) in [6.45, 7) is 0. The SMILES string of the molecule is O=C(Nc1ccccc1C(=O)Nc1ccccc1C(=O)C(O)c1ccccc1)c1ccccc1. The first-order valence-corrected chi connectivity index (χ1v) is 10.7. The van der Waals surface area contributed by atoms with Gasteiger partial charge < -0.3 is 15.7 Å². The topological polar surface area (TPSA) is 95.5 Å². The fourth-order valence-corrected chi connectivity index (χ4v) is 3.50. The van der Waals surface area contributed by atoms with Crippen LogP contribution in [-0.4, -0.2) is 22.7 Å². The lowest BCUT2D eigenvalue weighted by atomic mass is 9.98. The summed E-state index contributed by atoms with van der Waals surface area (Å²) in [5.74, 6) is -1.38. The highest BCUT2D eigenvalue weighted by molar-refractivity contribution is 6.14. The van der Waals surface area contributed by atoms with Crippen LogP contribution in [0.2, 0.25) is 0 Å². The van der Waals surface area contributed by atoms with E-state index in [-0.39, 0.29) is 22.7 Å². The van der Waals surface area contributed by atoms with Gasteiger partial charge in [0, 0.05) is 11.1 Å². The number of para-hydroxylation sites is 2. The highest BCUT2D eigenvalue weighted by Gasteiger charge is 2.23. The summed E-state index contributed by atoms with van der Waals surface area (Å²) in [5, 5.41) is 16.1. The van der Waals surface area contributed by atoms with Gasteiger partial charge in [-0.15, -0.1) is 0 Å². The van der Waals surface area contributed by atoms with E-state index in [1.165, 1.54) is 0 Å². The molecule has 0 aliphatic rings. The Bertz CT molecular complexity index is 1320. The third kappa shape index (κ3) is 5.09. The van der Waals surface area contributed by atoms with Crippen molar-refractivity contribution in [2.75, 3.05) is 10.6 Å². The number of benzene rings is 4. The maximum Gasteiger partial charge on any atom is 0.257 e. The van der Waals surface area contributed by atoms with Crippen LogP contribution in [0.4, 0.5) is 11.4 Å². The van der Waals surface area contributed by atoms with E-state index in [9.17, 15) is 19.5 Å². The second-order valence-electron chi connectivity index (χ2n) is 7.54. The van der Waals surface area contributed by atoms with E-state index >= 15 is 0 Å². The summed E-state index contributed by atoms with van der Waals surface area (Å²) >= 11 is 0. The lowest BCUT2D eigenvalue weighted by molar-refractivity contribution is 0.0748. The lowest BCUT2D eigenvalue weighted by Gasteiger charge is -2.15. The fourth-order valence-electron chi connectivity index (χ4n) is 3.50. The summed E-state index contributed by atoms with van der Waals surface area (Å²) in [5.41, 5.74) is 1.93. The molecule has 3 N–H and O–H groups in total. The molecule has 34 heavy (non-hydrogen) atoms. The van der Waals surface area contributed by atoms with Crippen molar-refractivity contribution in [1.29, 1.82) is 0 Å². The Morgan fingerprint density at radius 3 is 1.68 bits per heavy atom. The molecule has 0 aliphatic carbocycles. The Morgan fingerprint density at radius 1 is 0.559 bits per heavy atom. The van der Waals surface area contributed by atoms with Gasteiger partial charge in [0.05, 0.1) is 16.9 Å². The van der Waals surface area contributed by atoms with Crippen LogP contribution in [0.15, 0.2) is 109 Å². The first-order chi connectivity index (χ1) is 16.5. The van der Waals surface area contributed by atoms with E-state index in [2.05, 4.69) is 10.6 Å². The molecule has 4 rings (SSSR count). The van der Waals surface area contributed by atoms with Crippen LogP contribution in [-0.2, 0) is 0 Å². The molecular weight excluding hydrogens is 428 g/mol. The number of ketones is 1. The first-order valence-electron chi connectivity index (χ1n) is 10.7. The largest absolute Gasteiger partial charge is 0.380 e. The van der Waals surface area contributed by atoms with Gasteiger partial charge in [0.15, 0.2) is 5.78 Å². The van der Waals surface area contributed by atoms with E-state index in [0.29, 0.717) is 16.8 Å². The minimum absolute atomic E-state index is 0.179. The number of nitrogens with one attached hydrogen (secondary N) is 2. The molecule has 0 aliphatic heterocycles. The molecule has 4 aromatic rings. The molecule has 6 heteroatoms. The molecule has 168 valence electrons. The number of aliphatic hydroxyl groups excluding tert-OH is 1. The summed E-state index contributed by atoms with van der Waals surface area (Å²) in [6.07, 6.45) is -1.36. The van der Waals surface area contributed by atoms with Gasteiger partial charge in [-0.05, 0) is 42.0 Å². The number of carbonyl (C=O) groups excluding carboxylic acids is 3. The molecule has 0 radical (unpaired) electrons. The maximum atomic E-state index is 13.1. The molecule has 4 aromatic carbocycles. The van der Waals surface area contributed by atoms with E-state index in [1.54, 1.807) is 103 Å². The van der Waals surface area contributed by atoms with Crippen molar-refractivity contribution in [3.63, 3.8) is 0 Å². The van der Waals surface area contributed by atoms with Crippen LogP contribution >= 0.6 is 0 Å². The zero-order valence-electron chi connectivity index (χ0n) is 18.1. The summed E-state index contributed by atoms with van der Waals surface area (Å²) < 4.78 is 0. The summed E-state index contributed by atoms with van der Waals surface area (Å²) in [7, 11) is 0. The molecule has 0 spiro atoms. The molecule has 0 saturated carbocycles. The highest BCUT2D eigenvalue weighted by atomic mass is 16.3. The minimum Gasteiger partial charge on any atom is -0.380 e. The molecule has 0 aromatic heterocycles.